The number of aryl methyl sites for hydroxylation is 1. The number of pyridine rings is 1. The molecule has 0 fully saturated rings. The number of aromatic amines is 2. The predicted molar refractivity (Wildman–Crippen MR) is 125 cm³/mol. The molecule has 7 heteroatoms. The van der Waals surface area contributed by atoms with Crippen molar-refractivity contribution in [1.82, 2.24) is 30.5 Å². The average Bonchev–Trinajstić information content (AvgIpc) is 3.42. The van der Waals surface area contributed by atoms with Crippen LogP contribution in [0.4, 0.5) is 4.39 Å². The number of rotatable bonds is 3. The number of H-pyrrole nitrogens is 2. The van der Waals surface area contributed by atoms with Crippen molar-refractivity contribution in [3.05, 3.63) is 71.7 Å². The molecule has 1 aliphatic rings. The van der Waals surface area contributed by atoms with Crippen LogP contribution in [0.2, 0.25) is 0 Å². The fourth-order valence-corrected chi connectivity index (χ4v) is 4.41. The first kappa shape index (κ1) is 18.9. The second-order valence-corrected chi connectivity index (χ2v) is 8.17. The van der Waals surface area contributed by atoms with E-state index in [4.69, 9.17) is 4.98 Å². The van der Waals surface area contributed by atoms with Gasteiger partial charge in [-0.1, -0.05) is 12.1 Å². The summed E-state index contributed by atoms with van der Waals surface area (Å²) >= 11 is 0. The quantitative estimate of drug-likeness (QED) is 0.381. The number of nitrogens with zero attached hydrogens (tertiary/aromatic N) is 3. The molecule has 1 aliphatic heterocycles. The minimum absolute atomic E-state index is 0.285. The maximum Gasteiger partial charge on any atom is 0.159 e. The highest BCUT2D eigenvalue weighted by atomic mass is 19.1. The number of aromatic nitrogens is 5. The topological polar surface area (TPSA) is 82.3 Å². The molecular weight excluding hydrogens is 403 g/mol. The predicted octanol–water partition coefficient (Wildman–Crippen LogP) is 4.99. The molecule has 0 unspecified atom stereocenters. The summed E-state index contributed by atoms with van der Waals surface area (Å²) in [5.41, 5.74) is 7.98. The summed E-state index contributed by atoms with van der Waals surface area (Å²) in [6.07, 6.45) is 4.96. The largest absolute Gasteiger partial charge is 0.336 e. The van der Waals surface area contributed by atoms with Crippen molar-refractivity contribution in [1.29, 1.82) is 0 Å². The lowest BCUT2D eigenvalue weighted by Gasteiger charge is -2.14. The van der Waals surface area contributed by atoms with Crippen molar-refractivity contribution in [2.45, 2.75) is 13.3 Å². The van der Waals surface area contributed by atoms with Crippen LogP contribution in [0.25, 0.3) is 50.3 Å². The normalized spacial score (nSPS) is 14.2. The van der Waals surface area contributed by atoms with Crippen LogP contribution in [0.15, 0.2) is 54.7 Å². The molecule has 0 amide bonds. The zero-order valence-corrected chi connectivity index (χ0v) is 17.5. The van der Waals surface area contributed by atoms with Crippen LogP contribution in [0.5, 0.6) is 0 Å². The van der Waals surface area contributed by atoms with Crippen LogP contribution >= 0.6 is 0 Å². The maximum absolute atomic E-state index is 14.0. The molecule has 6 nitrogen and oxygen atoms in total. The second kappa shape index (κ2) is 7.39. The molecule has 0 saturated carbocycles. The van der Waals surface area contributed by atoms with Gasteiger partial charge >= 0.3 is 0 Å². The third-order valence-electron chi connectivity index (χ3n) is 5.94. The van der Waals surface area contributed by atoms with E-state index >= 15 is 0 Å². The number of fused-ring (bicyclic) bond motifs is 2. The van der Waals surface area contributed by atoms with Gasteiger partial charge in [0.05, 0.1) is 16.7 Å². The van der Waals surface area contributed by atoms with Gasteiger partial charge in [-0.2, -0.15) is 5.10 Å². The summed E-state index contributed by atoms with van der Waals surface area (Å²) in [6, 6.07) is 13.2. The van der Waals surface area contributed by atoms with Gasteiger partial charge < -0.3 is 10.3 Å². The highest BCUT2D eigenvalue weighted by molar-refractivity contribution is 5.97. The van der Waals surface area contributed by atoms with Gasteiger partial charge in [0.15, 0.2) is 5.82 Å². The first-order valence-electron chi connectivity index (χ1n) is 10.7. The SMILES string of the molecule is Cc1cc(F)cc(-c2nccc3[nH]c(-c4n[nH]c5ccc(C6=CCNCC6)cc45)nc23)c1. The highest BCUT2D eigenvalue weighted by Gasteiger charge is 2.17. The third kappa shape index (κ3) is 3.18. The van der Waals surface area contributed by atoms with Crippen molar-refractivity contribution in [2.75, 3.05) is 13.1 Å². The summed E-state index contributed by atoms with van der Waals surface area (Å²) in [6.45, 7) is 3.75. The van der Waals surface area contributed by atoms with Gasteiger partial charge in [0.25, 0.3) is 0 Å². The molecule has 3 aromatic heterocycles. The summed E-state index contributed by atoms with van der Waals surface area (Å²) in [5.74, 6) is 0.373. The molecule has 6 rings (SSSR count). The molecule has 0 radical (unpaired) electrons. The number of hydrogen-bond acceptors (Lipinski definition) is 4. The van der Waals surface area contributed by atoms with E-state index in [0.29, 0.717) is 22.6 Å². The van der Waals surface area contributed by atoms with E-state index in [1.54, 1.807) is 6.20 Å². The summed E-state index contributed by atoms with van der Waals surface area (Å²) in [4.78, 5) is 12.7. The minimum atomic E-state index is -0.285. The van der Waals surface area contributed by atoms with Crippen LogP contribution in [0.1, 0.15) is 17.5 Å². The lowest BCUT2D eigenvalue weighted by molar-refractivity contribution is 0.627. The molecule has 5 aromatic rings. The first-order chi connectivity index (χ1) is 15.7. The third-order valence-corrected chi connectivity index (χ3v) is 5.94. The lowest BCUT2D eigenvalue weighted by atomic mass is 9.98. The van der Waals surface area contributed by atoms with E-state index in [2.05, 4.69) is 49.8 Å². The van der Waals surface area contributed by atoms with Crippen molar-refractivity contribution in [3.63, 3.8) is 0 Å². The maximum atomic E-state index is 14.0. The van der Waals surface area contributed by atoms with Crippen molar-refractivity contribution < 1.29 is 4.39 Å². The molecule has 0 bridgehead atoms. The number of imidazole rings is 1. The Bertz CT molecular complexity index is 1490. The van der Waals surface area contributed by atoms with Crippen LogP contribution in [0, 0.1) is 12.7 Å². The van der Waals surface area contributed by atoms with Crippen molar-refractivity contribution in [2.24, 2.45) is 0 Å². The van der Waals surface area contributed by atoms with E-state index in [9.17, 15) is 4.39 Å². The van der Waals surface area contributed by atoms with Crippen molar-refractivity contribution >= 4 is 27.5 Å². The molecule has 158 valence electrons. The Morgan fingerprint density at radius 1 is 0.969 bits per heavy atom. The summed E-state index contributed by atoms with van der Waals surface area (Å²) < 4.78 is 14.0. The highest BCUT2D eigenvalue weighted by Crippen LogP contribution is 2.32. The molecule has 0 saturated heterocycles. The van der Waals surface area contributed by atoms with Crippen LogP contribution < -0.4 is 5.32 Å². The molecule has 32 heavy (non-hydrogen) atoms. The Morgan fingerprint density at radius 2 is 1.91 bits per heavy atom. The van der Waals surface area contributed by atoms with E-state index in [-0.39, 0.29) is 5.82 Å². The fraction of sp³-hybridized carbons (Fsp3) is 0.160. The Balaban J connectivity index is 1.49. The molecule has 4 heterocycles. The van der Waals surface area contributed by atoms with Gasteiger partial charge in [-0.3, -0.25) is 10.1 Å². The van der Waals surface area contributed by atoms with Gasteiger partial charge in [0, 0.05) is 23.7 Å². The van der Waals surface area contributed by atoms with Crippen LogP contribution in [-0.4, -0.2) is 38.2 Å². The Kier molecular flexibility index (Phi) is 4.36. The molecule has 3 N–H and O–H groups in total. The zero-order valence-electron chi connectivity index (χ0n) is 17.5. The average molecular weight is 424 g/mol. The number of benzene rings is 2. The molecule has 0 spiro atoms. The molecule has 0 atom stereocenters. The lowest BCUT2D eigenvalue weighted by Crippen LogP contribution is -2.19. The van der Waals surface area contributed by atoms with Crippen molar-refractivity contribution in [3.8, 4) is 22.8 Å². The summed E-state index contributed by atoms with van der Waals surface area (Å²) in [7, 11) is 0. The molecular formula is C25H21FN6. The molecule has 0 aliphatic carbocycles. The van der Waals surface area contributed by atoms with E-state index in [1.165, 1.54) is 23.3 Å². The number of halogens is 1. The van der Waals surface area contributed by atoms with E-state index in [0.717, 1.165) is 47.2 Å². The molecule has 2 aromatic carbocycles. The van der Waals surface area contributed by atoms with Crippen LogP contribution in [-0.2, 0) is 0 Å². The Morgan fingerprint density at radius 3 is 2.75 bits per heavy atom. The number of hydrogen-bond donors (Lipinski definition) is 3. The van der Waals surface area contributed by atoms with Gasteiger partial charge in [0.2, 0.25) is 0 Å². The van der Waals surface area contributed by atoms with Gasteiger partial charge in [-0.15, -0.1) is 0 Å². The van der Waals surface area contributed by atoms with Crippen LogP contribution in [0.3, 0.4) is 0 Å². The summed E-state index contributed by atoms with van der Waals surface area (Å²) in [5, 5.41) is 12.0. The smallest absolute Gasteiger partial charge is 0.159 e. The standard InChI is InChI=1S/C25H21FN6/c1-14-10-17(12-18(26)11-14)22-24-21(6-9-28-22)29-25(30-24)23-19-13-16(2-3-20(19)31-32-23)15-4-7-27-8-5-15/h2-4,6,9-13,27H,5,7-8H2,1H3,(H,29,30)(H,31,32). The Labute approximate surface area is 183 Å². The monoisotopic (exact) mass is 424 g/mol. The first-order valence-corrected chi connectivity index (χ1v) is 10.7. The van der Waals surface area contributed by atoms with Gasteiger partial charge in [-0.25, -0.2) is 9.37 Å². The zero-order chi connectivity index (χ0) is 21.7. The second-order valence-electron chi connectivity index (χ2n) is 8.17. The number of nitrogens with one attached hydrogen (secondary N) is 3. The fourth-order valence-electron chi connectivity index (χ4n) is 4.41. The van der Waals surface area contributed by atoms with Gasteiger partial charge in [-0.05, 0) is 73.0 Å². The van der Waals surface area contributed by atoms with E-state index < -0.39 is 0 Å². The Hall–Kier alpha value is -3.84. The van der Waals surface area contributed by atoms with Gasteiger partial charge in [0.1, 0.15) is 17.0 Å². The van der Waals surface area contributed by atoms with E-state index in [1.807, 2.05) is 19.1 Å². The minimum Gasteiger partial charge on any atom is -0.336 e.